The summed E-state index contributed by atoms with van der Waals surface area (Å²) in [5, 5.41) is 9.78. The molecule has 1 nitrogen and oxygen atoms in total. The maximum absolute atomic E-state index is 9.34. The Morgan fingerprint density at radius 3 is 1.83 bits per heavy atom. The Balaban J connectivity index is 3.60. The Hall–Kier alpha value is 0.850. The summed E-state index contributed by atoms with van der Waals surface area (Å²) in [6.07, 6.45) is 0. The molecule has 0 heterocycles. The Morgan fingerprint density at radius 2 is 1.33 bits per heavy atom. The zero-order valence-electron chi connectivity index (χ0n) is 5.34. The summed E-state index contributed by atoms with van der Waals surface area (Å²) in [4.78, 5) is 0. The lowest BCUT2D eigenvalue weighted by atomic mass is 10.3. The molecule has 1 rings (SSSR count). The highest BCUT2D eigenvalue weighted by Crippen LogP contribution is 2.47. The molecule has 0 fully saturated rings. The van der Waals surface area contributed by atoms with Crippen molar-refractivity contribution in [2.45, 2.75) is 0 Å². The van der Waals surface area contributed by atoms with Crippen LogP contribution in [0, 0.1) is 0 Å². The minimum Gasteiger partial charge on any atom is -0.505 e. The second kappa shape index (κ2) is 3.93. The first kappa shape index (κ1) is 10.9. The third kappa shape index (κ3) is 1.70. The normalized spacial score (nSPS) is 10.4. The third-order valence-corrected chi connectivity index (χ3v) is 4.83. The van der Waals surface area contributed by atoms with E-state index in [1.807, 2.05) is 0 Å². The van der Waals surface area contributed by atoms with Crippen LogP contribution in [0.5, 0.6) is 5.75 Å². The molecule has 0 atom stereocenters. The molecule has 0 amide bonds. The molecular weight excluding hydrogens is 354 g/mol. The molecule has 0 aromatic heterocycles. The third-order valence-electron chi connectivity index (χ3n) is 1.19. The van der Waals surface area contributed by atoms with Crippen LogP contribution in [0.25, 0.3) is 0 Å². The second-order valence-corrected chi connectivity index (χ2v) is 4.64. The van der Waals surface area contributed by atoms with Gasteiger partial charge in [-0.2, -0.15) is 0 Å². The average molecular weight is 355 g/mol. The lowest BCUT2D eigenvalue weighted by molar-refractivity contribution is 0.472. The van der Waals surface area contributed by atoms with Gasteiger partial charge in [-0.1, -0.05) is 34.8 Å². The van der Waals surface area contributed by atoms with Crippen LogP contribution in [-0.4, -0.2) is 5.11 Å². The molecular formula is C6HBr2Cl3O. The predicted molar refractivity (Wildman–Crippen MR) is 58.5 cm³/mol. The van der Waals surface area contributed by atoms with Gasteiger partial charge in [-0.3, -0.25) is 0 Å². The minimum atomic E-state index is -0.127. The van der Waals surface area contributed by atoms with Crippen molar-refractivity contribution in [1.82, 2.24) is 0 Å². The van der Waals surface area contributed by atoms with E-state index in [-0.39, 0.29) is 20.8 Å². The highest BCUT2D eigenvalue weighted by Gasteiger charge is 2.17. The Bertz CT molecular complexity index is 235. The maximum Gasteiger partial charge on any atom is 0.151 e. The molecule has 0 radical (unpaired) electrons. The van der Waals surface area contributed by atoms with Gasteiger partial charge in [-0.15, -0.1) is 0 Å². The summed E-state index contributed by atoms with van der Waals surface area (Å²) in [7, 11) is 0. The van der Waals surface area contributed by atoms with Gasteiger partial charge < -0.3 is 5.11 Å². The fourth-order valence-corrected chi connectivity index (χ4v) is 2.33. The van der Waals surface area contributed by atoms with Gasteiger partial charge in [0.25, 0.3) is 0 Å². The van der Waals surface area contributed by atoms with Crippen LogP contribution in [0.1, 0.15) is 0 Å². The van der Waals surface area contributed by atoms with Gasteiger partial charge in [0.15, 0.2) is 5.75 Å². The molecule has 6 heteroatoms. The zero-order chi connectivity index (χ0) is 9.46. The van der Waals surface area contributed by atoms with Crippen LogP contribution in [0.3, 0.4) is 0 Å². The first-order chi connectivity index (χ1) is 5.46. The van der Waals surface area contributed by atoms with Crippen LogP contribution in [0.2, 0.25) is 15.1 Å². The monoisotopic (exact) mass is 352 g/mol. The second-order valence-electron chi connectivity index (χ2n) is 1.92. The summed E-state index contributed by atoms with van der Waals surface area (Å²) in [6.45, 7) is 0. The van der Waals surface area contributed by atoms with E-state index in [9.17, 15) is 5.11 Å². The number of rotatable bonds is 0. The molecule has 0 aliphatic rings. The van der Waals surface area contributed by atoms with E-state index in [1.165, 1.54) is 0 Å². The van der Waals surface area contributed by atoms with Crippen molar-refractivity contribution < 1.29 is 5.11 Å². The summed E-state index contributed by atoms with van der Waals surface area (Å²) >= 11 is 23.3. The molecule has 0 spiro atoms. The van der Waals surface area contributed by atoms with Crippen LogP contribution in [0.4, 0.5) is 0 Å². The van der Waals surface area contributed by atoms with E-state index in [0.717, 1.165) is 0 Å². The van der Waals surface area contributed by atoms with Gasteiger partial charge in [-0.05, 0) is 31.9 Å². The van der Waals surface area contributed by atoms with Gasteiger partial charge >= 0.3 is 0 Å². The zero-order valence-corrected chi connectivity index (χ0v) is 10.8. The molecule has 12 heavy (non-hydrogen) atoms. The molecule has 0 saturated carbocycles. The number of hydrogen-bond acceptors (Lipinski definition) is 1. The van der Waals surface area contributed by atoms with E-state index in [0.29, 0.717) is 8.95 Å². The average Bonchev–Trinajstić information content (AvgIpc) is 2.08. The van der Waals surface area contributed by atoms with Crippen molar-refractivity contribution in [2.75, 3.05) is 0 Å². The topological polar surface area (TPSA) is 20.2 Å². The van der Waals surface area contributed by atoms with E-state index in [4.69, 9.17) is 34.8 Å². The van der Waals surface area contributed by atoms with Crippen LogP contribution in [0.15, 0.2) is 8.95 Å². The summed E-state index contributed by atoms with van der Waals surface area (Å²) < 4.78 is 0.873. The summed E-state index contributed by atoms with van der Waals surface area (Å²) in [6, 6.07) is 0. The van der Waals surface area contributed by atoms with Crippen LogP contribution in [-0.2, 0) is 0 Å². The molecule has 1 N–H and O–H groups in total. The molecule has 0 aliphatic carbocycles. The first-order valence-electron chi connectivity index (χ1n) is 2.67. The molecule has 0 saturated heterocycles. The number of phenolic OH excluding ortho intramolecular Hbond substituents is 1. The Kier molecular flexibility index (Phi) is 3.58. The number of phenols is 1. The van der Waals surface area contributed by atoms with Crippen molar-refractivity contribution in [2.24, 2.45) is 0 Å². The van der Waals surface area contributed by atoms with Crippen molar-refractivity contribution in [1.29, 1.82) is 0 Å². The Labute approximate surface area is 101 Å². The van der Waals surface area contributed by atoms with Gasteiger partial charge in [-0.25, -0.2) is 0 Å². The molecule has 0 unspecified atom stereocenters. The maximum atomic E-state index is 9.34. The van der Waals surface area contributed by atoms with E-state index in [2.05, 4.69) is 31.9 Å². The van der Waals surface area contributed by atoms with Crippen molar-refractivity contribution in [3.05, 3.63) is 24.0 Å². The number of aromatic hydroxyl groups is 1. The van der Waals surface area contributed by atoms with E-state index >= 15 is 0 Å². The SMILES string of the molecule is Oc1c(Cl)c(Cl)c(Cl)c(Br)c1Br. The summed E-state index contributed by atoms with van der Waals surface area (Å²) in [5.74, 6) is -0.127. The lowest BCUT2D eigenvalue weighted by Crippen LogP contribution is -1.79. The van der Waals surface area contributed by atoms with Gasteiger partial charge in [0, 0.05) is 0 Å². The quantitative estimate of drug-likeness (QED) is 0.520. The summed E-state index contributed by atoms with van der Waals surface area (Å²) in [5.41, 5.74) is 0. The van der Waals surface area contributed by atoms with Crippen molar-refractivity contribution in [3.8, 4) is 5.75 Å². The van der Waals surface area contributed by atoms with Crippen LogP contribution < -0.4 is 0 Å². The predicted octanol–water partition coefficient (Wildman–Crippen LogP) is 4.88. The fraction of sp³-hybridized carbons (Fsp3) is 0. The molecule has 0 bridgehead atoms. The first-order valence-corrected chi connectivity index (χ1v) is 5.39. The highest BCUT2D eigenvalue weighted by molar-refractivity contribution is 9.13. The van der Waals surface area contributed by atoms with Crippen molar-refractivity contribution >= 4 is 66.7 Å². The van der Waals surface area contributed by atoms with Gasteiger partial charge in [0.2, 0.25) is 0 Å². The number of hydrogen-bond donors (Lipinski definition) is 1. The van der Waals surface area contributed by atoms with Crippen LogP contribution >= 0.6 is 66.7 Å². The van der Waals surface area contributed by atoms with E-state index < -0.39 is 0 Å². The molecule has 1 aromatic carbocycles. The van der Waals surface area contributed by atoms with Gasteiger partial charge in [0.05, 0.1) is 19.0 Å². The largest absolute Gasteiger partial charge is 0.505 e. The number of benzene rings is 1. The molecule has 66 valence electrons. The Morgan fingerprint density at radius 1 is 0.833 bits per heavy atom. The van der Waals surface area contributed by atoms with Gasteiger partial charge in [0.1, 0.15) is 5.02 Å². The molecule has 1 aromatic rings. The number of halogens is 5. The molecule has 0 aliphatic heterocycles. The minimum absolute atomic E-state index is 0.0386. The lowest BCUT2D eigenvalue weighted by Gasteiger charge is -2.06. The standard InChI is InChI=1S/C6HBr2Cl3O/c7-1-2(8)6(12)5(11)4(10)3(1)9/h12H. The highest BCUT2D eigenvalue weighted by atomic mass is 79.9. The van der Waals surface area contributed by atoms with E-state index in [1.54, 1.807) is 0 Å². The fourth-order valence-electron chi connectivity index (χ4n) is 0.593. The van der Waals surface area contributed by atoms with Crippen molar-refractivity contribution in [3.63, 3.8) is 0 Å². The smallest absolute Gasteiger partial charge is 0.151 e.